The minimum Gasteiger partial charge on any atom is -0.486 e. The Morgan fingerprint density at radius 2 is 2.00 bits per heavy atom. The van der Waals surface area contributed by atoms with E-state index < -0.39 is 0 Å². The fourth-order valence-corrected chi connectivity index (χ4v) is 2.21. The van der Waals surface area contributed by atoms with Gasteiger partial charge in [-0.15, -0.1) is 0 Å². The number of hydrogen-bond donors (Lipinski definition) is 3. The van der Waals surface area contributed by atoms with Crippen LogP contribution >= 0.6 is 0 Å². The molecule has 0 atom stereocenters. The van der Waals surface area contributed by atoms with Crippen molar-refractivity contribution in [2.45, 2.75) is 25.7 Å². The van der Waals surface area contributed by atoms with E-state index in [0.717, 1.165) is 43.9 Å². The monoisotopic (exact) mass is 293 g/mol. The Morgan fingerprint density at radius 3 is 2.81 bits per heavy atom. The summed E-state index contributed by atoms with van der Waals surface area (Å²) in [5, 5.41) is 14.8. The lowest BCUT2D eigenvalue weighted by molar-refractivity contribution is 0.171. The predicted octanol–water partition coefficient (Wildman–Crippen LogP) is 1.51. The standard InChI is InChI=1S/C15H23N3O3/c16-15(18-19)3-1-2-7-17-8-6-12-4-5-13-14(11-12)21-10-9-20-13/h4-5,11,17,19H,1-3,6-10H2,(H2,16,18). The van der Waals surface area contributed by atoms with Gasteiger partial charge in [0.25, 0.3) is 0 Å². The lowest BCUT2D eigenvalue weighted by Gasteiger charge is -2.18. The summed E-state index contributed by atoms with van der Waals surface area (Å²) < 4.78 is 11.1. The second kappa shape index (κ2) is 8.36. The van der Waals surface area contributed by atoms with Gasteiger partial charge in [-0.3, -0.25) is 0 Å². The van der Waals surface area contributed by atoms with Crippen LogP contribution in [0.1, 0.15) is 24.8 Å². The molecule has 4 N–H and O–H groups in total. The smallest absolute Gasteiger partial charge is 0.161 e. The van der Waals surface area contributed by atoms with Crippen molar-refractivity contribution in [1.82, 2.24) is 5.32 Å². The molecular weight excluding hydrogens is 270 g/mol. The van der Waals surface area contributed by atoms with Crippen LogP contribution in [-0.2, 0) is 6.42 Å². The molecule has 116 valence electrons. The molecule has 0 spiro atoms. The van der Waals surface area contributed by atoms with Crippen LogP contribution in [0.15, 0.2) is 23.4 Å². The molecule has 0 bridgehead atoms. The van der Waals surface area contributed by atoms with Gasteiger partial charge in [-0.05, 0) is 50.0 Å². The number of fused-ring (bicyclic) bond motifs is 1. The number of nitrogens with one attached hydrogen (secondary N) is 1. The molecule has 0 unspecified atom stereocenters. The third-order valence-electron chi connectivity index (χ3n) is 3.36. The third-order valence-corrected chi connectivity index (χ3v) is 3.36. The van der Waals surface area contributed by atoms with Crippen LogP contribution in [-0.4, -0.2) is 37.3 Å². The van der Waals surface area contributed by atoms with Crippen molar-refractivity contribution < 1.29 is 14.7 Å². The molecule has 1 aromatic carbocycles. The quantitative estimate of drug-likeness (QED) is 0.222. The molecule has 0 amide bonds. The highest BCUT2D eigenvalue weighted by Crippen LogP contribution is 2.30. The van der Waals surface area contributed by atoms with Crippen molar-refractivity contribution in [2.24, 2.45) is 10.9 Å². The van der Waals surface area contributed by atoms with E-state index in [1.165, 1.54) is 5.56 Å². The highest BCUT2D eigenvalue weighted by atomic mass is 16.6. The van der Waals surface area contributed by atoms with Crippen LogP contribution in [0.4, 0.5) is 0 Å². The first-order valence-electron chi connectivity index (χ1n) is 7.35. The molecule has 1 aromatic rings. The van der Waals surface area contributed by atoms with Crippen LogP contribution < -0.4 is 20.5 Å². The number of hydrogen-bond acceptors (Lipinski definition) is 5. The fourth-order valence-electron chi connectivity index (χ4n) is 2.21. The van der Waals surface area contributed by atoms with Crippen LogP contribution in [0.25, 0.3) is 0 Å². The van der Waals surface area contributed by atoms with Gasteiger partial charge < -0.3 is 25.7 Å². The number of ether oxygens (including phenoxy) is 2. The van der Waals surface area contributed by atoms with Gasteiger partial charge >= 0.3 is 0 Å². The van der Waals surface area contributed by atoms with E-state index in [1.807, 2.05) is 6.07 Å². The summed E-state index contributed by atoms with van der Waals surface area (Å²) in [7, 11) is 0. The molecule has 0 saturated heterocycles. The number of nitrogens with two attached hydrogens (primary N) is 1. The second-order valence-electron chi connectivity index (χ2n) is 5.03. The van der Waals surface area contributed by atoms with Gasteiger partial charge in [-0.2, -0.15) is 0 Å². The second-order valence-corrected chi connectivity index (χ2v) is 5.03. The molecule has 6 nitrogen and oxygen atoms in total. The number of nitrogens with zero attached hydrogens (tertiary/aromatic N) is 1. The Bertz CT molecular complexity index is 477. The van der Waals surface area contributed by atoms with Gasteiger partial charge in [0.1, 0.15) is 19.0 Å². The Kier molecular flexibility index (Phi) is 6.15. The van der Waals surface area contributed by atoms with Crippen LogP contribution in [0.3, 0.4) is 0 Å². The molecule has 0 saturated carbocycles. The highest BCUT2D eigenvalue weighted by Gasteiger charge is 2.11. The van der Waals surface area contributed by atoms with E-state index in [9.17, 15) is 0 Å². The van der Waals surface area contributed by atoms with E-state index in [4.69, 9.17) is 20.4 Å². The Morgan fingerprint density at radius 1 is 1.19 bits per heavy atom. The molecule has 0 fully saturated rings. The van der Waals surface area contributed by atoms with Crippen molar-refractivity contribution in [3.63, 3.8) is 0 Å². The van der Waals surface area contributed by atoms with Crippen LogP contribution in [0, 0.1) is 0 Å². The molecule has 0 radical (unpaired) electrons. The van der Waals surface area contributed by atoms with E-state index in [2.05, 4.69) is 22.6 Å². The molecule has 1 aliphatic rings. The summed E-state index contributed by atoms with van der Waals surface area (Å²) >= 11 is 0. The normalized spacial score (nSPS) is 14.2. The lowest BCUT2D eigenvalue weighted by atomic mass is 10.1. The summed E-state index contributed by atoms with van der Waals surface area (Å²) in [6, 6.07) is 6.10. The lowest BCUT2D eigenvalue weighted by Crippen LogP contribution is -2.20. The largest absolute Gasteiger partial charge is 0.486 e. The molecule has 0 aliphatic carbocycles. The molecule has 6 heteroatoms. The molecule has 1 heterocycles. The molecule has 2 rings (SSSR count). The number of amidine groups is 1. The van der Waals surface area contributed by atoms with Crippen molar-refractivity contribution in [1.29, 1.82) is 0 Å². The maximum Gasteiger partial charge on any atom is 0.161 e. The average Bonchev–Trinajstić information content (AvgIpc) is 2.53. The number of rotatable bonds is 8. The molecular formula is C15H23N3O3. The van der Waals surface area contributed by atoms with Gasteiger partial charge in [0.15, 0.2) is 11.5 Å². The zero-order valence-corrected chi connectivity index (χ0v) is 12.2. The summed E-state index contributed by atoms with van der Waals surface area (Å²) in [6.45, 7) is 3.10. The first-order chi connectivity index (χ1) is 10.3. The van der Waals surface area contributed by atoms with Gasteiger partial charge in [0.2, 0.25) is 0 Å². The first kappa shape index (κ1) is 15.4. The van der Waals surface area contributed by atoms with Crippen LogP contribution in [0.5, 0.6) is 11.5 Å². The zero-order chi connectivity index (χ0) is 14.9. The van der Waals surface area contributed by atoms with Crippen LogP contribution in [0.2, 0.25) is 0 Å². The number of oxime groups is 1. The minimum atomic E-state index is 0.297. The molecule has 1 aliphatic heterocycles. The summed E-state index contributed by atoms with van der Waals surface area (Å²) in [5.74, 6) is 1.98. The minimum absolute atomic E-state index is 0.297. The van der Waals surface area contributed by atoms with E-state index in [0.29, 0.717) is 25.5 Å². The Labute approximate surface area is 124 Å². The first-order valence-corrected chi connectivity index (χ1v) is 7.35. The number of benzene rings is 1. The topological polar surface area (TPSA) is 89.1 Å². The fraction of sp³-hybridized carbons (Fsp3) is 0.533. The number of unbranched alkanes of at least 4 members (excludes halogenated alkanes) is 1. The maximum absolute atomic E-state index is 8.41. The Balaban J connectivity index is 1.61. The zero-order valence-electron chi connectivity index (χ0n) is 12.2. The van der Waals surface area contributed by atoms with Crippen molar-refractivity contribution in [2.75, 3.05) is 26.3 Å². The predicted molar refractivity (Wildman–Crippen MR) is 81.3 cm³/mol. The third kappa shape index (κ3) is 5.15. The Hall–Kier alpha value is -1.95. The van der Waals surface area contributed by atoms with E-state index >= 15 is 0 Å². The summed E-state index contributed by atoms with van der Waals surface area (Å²) in [5.41, 5.74) is 6.64. The molecule has 0 aromatic heterocycles. The van der Waals surface area contributed by atoms with Gasteiger partial charge in [-0.1, -0.05) is 11.2 Å². The van der Waals surface area contributed by atoms with E-state index in [-0.39, 0.29) is 0 Å². The van der Waals surface area contributed by atoms with E-state index in [1.54, 1.807) is 0 Å². The van der Waals surface area contributed by atoms with Gasteiger partial charge in [-0.25, -0.2) is 0 Å². The highest BCUT2D eigenvalue weighted by molar-refractivity contribution is 5.79. The summed E-state index contributed by atoms with van der Waals surface area (Å²) in [4.78, 5) is 0. The van der Waals surface area contributed by atoms with Crippen molar-refractivity contribution in [3.05, 3.63) is 23.8 Å². The summed E-state index contributed by atoms with van der Waals surface area (Å²) in [6.07, 6.45) is 3.53. The van der Waals surface area contributed by atoms with Crippen molar-refractivity contribution in [3.8, 4) is 11.5 Å². The SMILES string of the molecule is NC(CCCCNCCc1ccc2c(c1)OCCO2)=NO. The maximum atomic E-state index is 8.41. The molecule has 21 heavy (non-hydrogen) atoms. The van der Waals surface area contributed by atoms with Crippen molar-refractivity contribution >= 4 is 5.84 Å². The van der Waals surface area contributed by atoms with Gasteiger partial charge in [0.05, 0.1) is 0 Å². The van der Waals surface area contributed by atoms with Gasteiger partial charge in [0, 0.05) is 6.42 Å². The average molecular weight is 293 g/mol.